The first kappa shape index (κ1) is 10.1. The predicted octanol–water partition coefficient (Wildman–Crippen LogP) is 0.839. The van der Waals surface area contributed by atoms with Crippen molar-refractivity contribution < 1.29 is 9.26 Å². The van der Waals surface area contributed by atoms with Crippen molar-refractivity contribution in [1.29, 1.82) is 0 Å². The van der Waals surface area contributed by atoms with Gasteiger partial charge in [-0.1, -0.05) is 12.1 Å². The van der Waals surface area contributed by atoms with Gasteiger partial charge < -0.3 is 15.0 Å². The van der Waals surface area contributed by atoms with E-state index in [1.165, 1.54) is 0 Å². The molecule has 0 aliphatic carbocycles. The fourth-order valence-corrected chi connectivity index (χ4v) is 0.819. The molecular weight excluding hydrogens is 170 g/mol. The van der Waals surface area contributed by atoms with Gasteiger partial charge in [-0.05, 0) is 6.92 Å². The number of rotatable bonds is 4. The summed E-state index contributed by atoms with van der Waals surface area (Å²) in [6.45, 7) is 4.32. The first-order valence-electron chi connectivity index (χ1n) is 4.25. The van der Waals surface area contributed by atoms with Crippen LogP contribution in [0.2, 0.25) is 0 Å². The molecule has 1 aromatic rings. The van der Waals surface area contributed by atoms with Gasteiger partial charge in [-0.2, -0.15) is 4.98 Å². The van der Waals surface area contributed by atoms with Crippen LogP contribution in [-0.4, -0.2) is 23.8 Å². The van der Waals surface area contributed by atoms with Crippen LogP contribution in [-0.2, 0) is 4.74 Å². The maximum atomic E-state index is 5.47. The van der Waals surface area contributed by atoms with E-state index < -0.39 is 0 Å². The maximum Gasteiger partial charge on any atom is 0.255 e. The Morgan fingerprint density at radius 3 is 2.77 bits per heavy atom. The molecule has 0 fully saturated rings. The Kier molecular flexibility index (Phi) is 3.39. The minimum absolute atomic E-state index is 0.126. The lowest BCUT2D eigenvalue weighted by atomic mass is 10.2. The monoisotopic (exact) mass is 185 g/mol. The lowest BCUT2D eigenvalue weighted by Crippen LogP contribution is -2.10. The topological polar surface area (TPSA) is 74.2 Å². The first-order valence-corrected chi connectivity index (χ1v) is 4.25. The van der Waals surface area contributed by atoms with Crippen molar-refractivity contribution in [3.05, 3.63) is 11.7 Å². The van der Waals surface area contributed by atoms with Crippen LogP contribution in [0.5, 0.6) is 0 Å². The van der Waals surface area contributed by atoms with E-state index in [0.29, 0.717) is 18.3 Å². The lowest BCUT2D eigenvalue weighted by Gasteiger charge is -2.01. The van der Waals surface area contributed by atoms with E-state index in [4.69, 9.17) is 15.0 Å². The molecule has 0 aliphatic heterocycles. The minimum Gasteiger partial charge on any atom is -0.372 e. The van der Waals surface area contributed by atoms with Crippen molar-refractivity contribution >= 4 is 0 Å². The first-order chi connectivity index (χ1) is 6.19. The van der Waals surface area contributed by atoms with Crippen LogP contribution in [0, 0.1) is 0 Å². The van der Waals surface area contributed by atoms with Gasteiger partial charge in [0.25, 0.3) is 5.89 Å². The summed E-state index contributed by atoms with van der Waals surface area (Å²) >= 11 is 0. The van der Waals surface area contributed by atoms with Gasteiger partial charge >= 0.3 is 0 Å². The molecule has 2 N–H and O–H groups in total. The van der Waals surface area contributed by atoms with Gasteiger partial charge in [-0.15, -0.1) is 0 Å². The summed E-state index contributed by atoms with van der Waals surface area (Å²) in [6, 6.07) is 0. The van der Waals surface area contributed by atoms with Crippen LogP contribution in [0.15, 0.2) is 4.52 Å². The third-order valence-electron chi connectivity index (χ3n) is 1.95. The van der Waals surface area contributed by atoms with Gasteiger partial charge in [0.2, 0.25) is 0 Å². The fraction of sp³-hybridized carbons (Fsp3) is 0.750. The van der Waals surface area contributed by atoms with Crippen molar-refractivity contribution in [2.24, 2.45) is 5.73 Å². The number of hydrogen-bond acceptors (Lipinski definition) is 5. The molecule has 0 saturated carbocycles. The van der Waals surface area contributed by atoms with Crippen LogP contribution in [0.4, 0.5) is 0 Å². The smallest absolute Gasteiger partial charge is 0.255 e. The second-order valence-electron chi connectivity index (χ2n) is 3.01. The number of hydrogen-bond donors (Lipinski definition) is 1. The quantitative estimate of drug-likeness (QED) is 0.752. The zero-order valence-corrected chi connectivity index (χ0v) is 8.15. The summed E-state index contributed by atoms with van der Waals surface area (Å²) in [5.74, 6) is 1.26. The highest BCUT2D eigenvalue weighted by molar-refractivity contribution is 4.95. The van der Waals surface area contributed by atoms with Gasteiger partial charge in [0.05, 0.1) is 0 Å². The molecule has 74 valence electrons. The van der Waals surface area contributed by atoms with Crippen LogP contribution < -0.4 is 5.73 Å². The molecule has 5 nitrogen and oxygen atoms in total. The van der Waals surface area contributed by atoms with Gasteiger partial charge in [0, 0.05) is 19.6 Å². The van der Waals surface area contributed by atoms with E-state index in [9.17, 15) is 0 Å². The second-order valence-corrected chi connectivity index (χ2v) is 3.01. The largest absolute Gasteiger partial charge is 0.372 e. The molecule has 1 heterocycles. The number of aromatic nitrogens is 2. The molecule has 0 saturated heterocycles. The summed E-state index contributed by atoms with van der Waals surface area (Å²) in [5, 5.41) is 3.81. The molecule has 0 aromatic carbocycles. The van der Waals surface area contributed by atoms with Crippen LogP contribution in [0.1, 0.15) is 37.6 Å². The summed E-state index contributed by atoms with van der Waals surface area (Å²) in [7, 11) is 1.60. The molecule has 1 rings (SSSR count). The second kappa shape index (κ2) is 4.34. The molecule has 0 radical (unpaired) electrons. The van der Waals surface area contributed by atoms with Crippen molar-refractivity contribution in [3.8, 4) is 0 Å². The van der Waals surface area contributed by atoms with E-state index in [-0.39, 0.29) is 12.0 Å². The predicted molar refractivity (Wildman–Crippen MR) is 47.2 cm³/mol. The SMILES string of the molecule is COC(C)c1nc(C(C)CN)no1. The highest BCUT2D eigenvalue weighted by Gasteiger charge is 2.16. The maximum absolute atomic E-state index is 5.47. The lowest BCUT2D eigenvalue weighted by molar-refractivity contribution is 0.0886. The average Bonchev–Trinajstić information content (AvgIpc) is 2.64. The van der Waals surface area contributed by atoms with Crippen LogP contribution >= 0.6 is 0 Å². The van der Waals surface area contributed by atoms with E-state index in [0.717, 1.165) is 0 Å². The zero-order valence-electron chi connectivity index (χ0n) is 8.15. The zero-order chi connectivity index (χ0) is 9.84. The van der Waals surface area contributed by atoms with Crippen LogP contribution in [0.25, 0.3) is 0 Å². The minimum atomic E-state index is -0.161. The summed E-state index contributed by atoms with van der Waals surface area (Å²) in [5.41, 5.74) is 5.47. The number of ether oxygens (including phenoxy) is 1. The number of nitrogens with zero attached hydrogens (tertiary/aromatic N) is 2. The third kappa shape index (κ3) is 2.26. The Bertz CT molecular complexity index is 237. The van der Waals surface area contributed by atoms with Crippen molar-refractivity contribution in [3.63, 3.8) is 0 Å². The highest BCUT2D eigenvalue weighted by atomic mass is 16.5. The molecule has 0 amide bonds. The van der Waals surface area contributed by atoms with E-state index in [2.05, 4.69) is 10.1 Å². The highest BCUT2D eigenvalue weighted by Crippen LogP contribution is 2.16. The standard InChI is InChI=1S/C8H15N3O2/c1-5(4-9)7-10-8(13-11-7)6(2)12-3/h5-6H,4,9H2,1-3H3. The fourth-order valence-electron chi connectivity index (χ4n) is 0.819. The summed E-state index contributed by atoms with van der Waals surface area (Å²) in [4.78, 5) is 4.17. The van der Waals surface area contributed by atoms with Crippen molar-refractivity contribution in [1.82, 2.24) is 10.1 Å². The molecule has 2 unspecified atom stereocenters. The van der Waals surface area contributed by atoms with Gasteiger partial charge in [0.1, 0.15) is 6.10 Å². The van der Waals surface area contributed by atoms with Crippen molar-refractivity contribution in [2.75, 3.05) is 13.7 Å². The van der Waals surface area contributed by atoms with Crippen LogP contribution in [0.3, 0.4) is 0 Å². The van der Waals surface area contributed by atoms with E-state index in [1.807, 2.05) is 13.8 Å². The van der Waals surface area contributed by atoms with Gasteiger partial charge in [-0.3, -0.25) is 0 Å². The number of methoxy groups -OCH3 is 1. The van der Waals surface area contributed by atoms with Crippen molar-refractivity contribution in [2.45, 2.75) is 25.9 Å². The van der Waals surface area contributed by atoms with Gasteiger partial charge in [-0.25, -0.2) is 0 Å². The molecule has 0 spiro atoms. The Hall–Kier alpha value is -0.940. The Morgan fingerprint density at radius 2 is 2.23 bits per heavy atom. The molecule has 0 aliphatic rings. The third-order valence-corrected chi connectivity index (χ3v) is 1.95. The molecular formula is C8H15N3O2. The Balaban J connectivity index is 2.74. The normalized spacial score (nSPS) is 15.7. The summed E-state index contributed by atoms with van der Waals surface area (Å²) < 4.78 is 10.0. The molecule has 1 aromatic heterocycles. The molecule has 0 bridgehead atoms. The average molecular weight is 185 g/mol. The summed E-state index contributed by atoms with van der Waals surface area (Å²) in [6.07, 6.45) is -0.161. The van der Waals surface area contributed by atoms with Gasteiger partial charge in [0.15, 0.2) is 5.82 Å². The Labute approximate surface area is 77.3 Å². The molecule has 5 heteroatoms. The van der Waals surface area contributed by atoms with E-state index >= 15 is 0 Å². The Morgan fingerprint density at radius 1 is 1.54 bits per heavy atom. The molecule has 13 heavy (non-hydrogen) atoms. The number of nitrogens with two attached hydrogens (primary N) is 1. The van der Waals surface area contributed by atoms with E-state index in [1.54, 1.807) is 7.11 Å². The molecule has 2 atom stereocenters.